The van der Waals surface area contributed by atoms with Crippen LogP contribution in [0.15, 0.2) is 108 Å². The molecule has 4 heteroatoms. The Morgan fingerprint density at radius 2 is 1.14 bits per heavy atom. The summed E-state index contributed by atoms with van der Waals surface area (Å²) >= 11 is 0. The van der Waals surface area contributed by atoms with Gasteiger partial charge in [0.25, 0.3) is 0 Å². The maximum atomic E-state index is 10.1. The minimum Gasteiger partial charge on any atom is -0.192 e. The van der Waals surface area contributed by atoms with Gasteiger partial charge in [0.05, 0.1) is 0 Å². The molecule has 0 fully saturated rings. The van der Waals surface area contributed by atoms with E-state index in [1.54, 1.807) is 0 Å². The Hall–Kier alpha value is -6.20. The molecule has 0 spiro atoms. The molecule has 0 aliphatic heterocycles. The fourth-order valence-electron chi connectivity index (χ4n) is 6.72. The summed E-state index contributed by atoms with van der Waals surface area (Å²) < 4.78 is 0. The number of fused-ring (bicyclic) bond motifs is 1. The van der Waals surface area contributed by atoms with Crippen LogP contribution in [0.25, 0.3) is 49.4 Å². The minimum atomic E-state index is -0.0422. The van der Waals surface area contributed by atoms with E-state index in [1.165, 1.54) is 5.39 Å². The van der Waals surface area contributed by atoms with Crippen molar-refractivity contribution in [3.8, 4) is 35.4 Å². The lowest BCUT2D eigenvalue weighted by Gasteiger charge is -2.27. The van der Waals surface area contributed by atoms with Gasteiger partial charge in [-0.25, -0.2) is 0 Å². The molecule has 5 aromatic carbocycles. The van der Waals surface area contributed by atoms with Crippen molar-refractivity contribution in [3.05, 3.63) is 136 Å². The molecule has 0 bridgehead atoms. The van der Waals surface area contributed by atoms with Crippen LogP contribution < -0.4 is 0 Å². The van der Waals surface area contributed by atoms with Gasteiger partial charge in [0.15, 0.2) is 0 Å². The Labute approximate surface area is 243 Å². The van der Waals surface area contributed by atoms with Gasteiger partial charge in [-0.15, -0.1) is 0 Å². The second-order valence-corrected chi connectivity index (χ2v) is 10.6. The zero-order valence-electron chi connectivity index (χ0n) is 22.7. The van der Waals surface area contributed by atoms with Gasteiger partial charge in [-0.1, -0.05) is 91.0 Å². The van der Waals surface area contributed by atoms with E-state index < -0.39 is 0 Å². The first-order valence-electron chi connectivity index (χ1n) is 13.6. The molecule has 0 saturated carbocycles. The molecule has 4 nitrogen and oxygen atoms in total. The Balaban J connectivity index is 1.74. The second kappa shape index (κ2) is 9.47. The highest BCUT2D eigenvalue weighted by Crippen LogP contribution is 2.54. The van der Waals surface area contributed by atoms with Gasteiger partial charge in [0.2, 0.25) is 0 Å². The van der Waals surface area contributed by atoms with E-state index in [0.29, 0.717) is 34.3 Å². The van der Waals surface area contributed by atoms with Crippen LogP contribution in [0.4, 0.5) is 0 Å². The van der Waals surface area contributed by atoms with Crippen LogP contribution >= 0.6 is 0 Å². The smallest absolute Gasteiger partial charge is 0.138 e. The number of nitrogens with zero attached hydrogens (tertiary/aromatic N) is 4. The zero-order valence-corrected chi connectivity index (χ0v) is 22.7. The molecule has 0 aromatic heterocycles. The van der Waals surface area contributed by atoms with Crippen molar-refractivity contribution in [1.29, 1.82) is 21.0 Å². The molecule has 42 heavy (non-hydrogen) atoms. The summed E-state index contributed by atoms with van der Waals surface area (Å²) in [5.74, 6) is 0. The van der Waals surface area contributed by atoms with E-state index in [9.17, 15) is 21.0 Å². The van der Waals surface area contributed by atoms with Crippen molar-refractivity contribution in [3.63, 3.8) is 0 Å². The molecule has 0 amide bonds. The first kappa shape index (κ1) is 24.8. The van der Waals surface area contributed by atoms with E-state index in [1.807, 2.05) is 42.5 Å². The van der Waals surface area contributed by atoms with Crippen molar-refractivity contribution < 1.29 is 0 Å². The molecule has 0 radical (unpaired) electrons. The van der Waals surface area contributed by atoms with Gasteiger partial charge >= 0.3 is 0 Å². The molecule has 5 aromatic rings. The van der Waals surface area contributed by atoms with Gasteiger partial charge in [-0.2, -0.15) is 21.0 Å². The molecule has 0 atom stereocenters. The maximum absolute atomic E-state index is 10.1. The maximum Gasteiger partial charge on any atom is 0.138 e. The third kappa shape index (κ3) is 3.44. The van der Waals surface area contributed by atoms with Crippen molar-refractivity contribution >= 4 is 38.3 Å². The quantitative estimate of drug-likeness (QED) is 0.159. The fourth-order valence-corrected chi connectivity index (χ4v) is 6.72. The minimum absolute atomic E-state index is 0.0422. The zero-order chi connectivity index (χ0) is 29.0. The third-order valence-electron chi connectivity index (χ3n) is 8.33. The van der Waals surface area contributed by atoms with E-state index in [-0.39, 0.29) is 11.1 Å². The van der Waals surface area contributed by atoms with Gasteiger partial charge in [0, 0.05) is 11.1 Å². The molecule has 0 unspecified atom stereocenters. The Bertz CT molecular complexity index is 2200. The third-order valence-corrected chi connectivity index (χ3v) is 8.33. The van der Waals surface area contributed by atoms with Crippen molar-refractivity contribution in [2.24, 2.45) is 0 Å². The molecule has 2 aliphatic rings. The number of nitriles is 4. The number of aryl methyl sites for hydroxylation is 1. The highest BCUT2D eigenvalue weighted by Gasteiger charge is 2.36. The van der Waals surface area contributed by atoms with E-state index >= 15 is 0 Å². The van der Waals surface area contributed by atoms with E-state index in [0.717, 1.165) is 49.5 Å². The summed E-state index contributed by atoms with van der Waals surface area (Å²) in [5.41, 5.74) is 9.16. The predicted octanol–water partition coefficient (Wildman–Crippen LogP) is 8.59. The van der Waals surface area contributed by atoms with E-state index in [4.69, 9.17) is 0 Å². The summed E-state index contributed by atoms with van der Waals surface area (Å²) in [7, 11) is 0. The summed E-state index contributed by atoms with van der Waals surface area (Å²) in [6.45, 7) is 2.06. The number of hydrogen-bond acceptors (Lipinski definition) is 4. The highest BCUT2D eigenvalue weighted by molar-refractivity contribution is 6.23. The molecule has 0 saturated heterocycles. The largest absolute Gasteiger partial charge is 0.192 e. The molecule has 2 aliphatic carbocycles. The number of allylic oxidation sites excluding steroid dienone is 6. The van der Waals surface area contributed by atoms with Crippen molar-refractivity contribution in [2.75, 3.05) is 0 Å². The van der Waals surface area contributed by atoms with Gasteiger partial charge < -0.3 is 0 Å². The topological polar surface area (TPSA) is 95.2 Å². The Morgan fingerprint density at radius 1 is 0.571 bits per heavy atom. The average molecular weight is 533 g/mol. The number of hydrogen-bond donors (Lipinski definition) is 0. The van der Waals surface area contributed by atoms with Crippen LogP contribution in [-0.4, -0.2) is 0 Å². The molecular weight excluding hydrogens is 512 g/mol. The lowest BCUT2D eigenvalue weighted by molar-refractivity contribution is 1.28. The van der Waals surface area contributed by atoms with Gasteiger partial charge in [0.1, 0.15) is 35.4 Å². The Kier molecular flexibility index (Phi) is 5.59. The summed E-state index contributed by atoms with van der Waals surface area (Å²) in [6, 6.07) is 39.0. The second-order valence-electron chi connectivity index (χ2n) is 10.6. The fraction of sp³-hybridized carbons (Fsp3) is 0.0526. The molecule has 192 valence electrons. The molecule has 0 heterocycles. The number of benzene rings is 5. The van der Waals surface area contributed by atoms with Crippen LogP contribution in [0.2, 0.25) is 0 Å². The molecule has 7 rings (SSSR count). The van der Waals surface area contributed by atoms with Crippen molar-refractivity contribution in [2.45, 2.75) is 13.3 Å². The van der Waals surface area contributed by atoms with E-state index in [2.05, 4.69) is 79.7 Å². The van der Waals surface area contributed by atoms with Crippen LogP contribution in [-0.2, 0) is 6.42 Å². The SMILES string of the molecule is Cc1cc2c3c(ccc4ccc(-c5ccccc5)c(c43)CC2=C2C(=C(C#N)C#N)c3ccccc3C2=C(C#N)C#N)c1. The lowest BCUT2D eigenvalue weighted by Crippen LogP contribution is -2.07. The van der Waals surface area contributed by atoms with Crippen LogP contribution in [0.1, 0.15) is 27.8 Å². The lowest BCUT2D eigenvalue weighted by atomic mass is 9.76. The van der Waals surface area contributed by atoms with Crippen LogP contribution in [0.5, 0.6) is 0 Å². The Morgan fingerprint density at radius 3 is 1.76 bits per heavy atom. The van der Waals surface area contributed by atoms with Gasteiger partial charge in [-0.05, 0) is 85.0 Å². The van der Waals surface area contributed by atoms with Crippen LogP contribution in [0.3, 0.4) is 0 Å². The first-order valence-corrected chi connectivity index (χ1v) is 13.6. The molecule has 0 N–H and O–H groups in total. The normalized spacial score (nSPS) is 13.0. The van der Waals surface area contributed by atoms with Crippen molar-refractivity contribution in [1.82, 2.24) is 0 Å². The summed E-state index contributed by atoms with van der Waals surface area (Å²) in [6.07, 6.45) is 0.502. The predicted molar refractivity (Wildman–Crippen MR) is 165 cm³/mol. The molecular formula is C38H20N4. The average Bonchev–Trinajstić information content (AvgIpc) is 3.35. The first-order chi connectivity index (χ1) is 20.6. The van der Waals surface area contributed by atoms with Gasteiger partial charge in [-0.3, -0.25) is 0 Å². The number of rotatable bonds is 1. The summed E-state index contributed by atoms with van der Waals surface area (Å²) in [4.78, 5) is 0. The highest BCUT2D eigenvalue weighted by atomic mass is 14.4. The van der Waals surface area contributed by atoms with Crippen LogP contribution in [0, 0.1) is 52.2 Å². The monoisotopic (exact) mass is 532 g/mol. The summed E-state index contributed by atoms with van der Waals surface area (Å²) in [5, 5.41) is 45.1. The standard InChI is InChI=1S/C38H20N4/c1-22-15-25-12-11-24-13-14-28(23-7-3-2-4-8-23)32-17-33(31(16-22)35(25)34(24)32)38-36(26(18-39)19-40)29-9-5-6-10-30(29)37(38)27(20-41)21-42/h2-16H,17H2,1H3.